The summed E-state index contributed by atoms with van der Waals surface area (Å²) in [6.07, 6.45) is 81.4. The smallest absolute Gasteiger partial charge is 0.306 e. The van der Waals surface area contributed by atoms with Gasteiger partial charge in [-0.3, -0.25) is 9.59 Å². The molecule has 0 aliphatic carbocycles. The van der Waals surface area contributed by atoms with Crippen molar-refractivity contribution in [2.24, 2.45) is 0 Å². The highest BCUT2D eigenvalue weighted by Gasteiger charge is 2.16. The number of hydrogen-bond acceptors (Lipinski definition) is 5. The first-order chi connectivity index (χ1) is 33.6. The number of unbranched alkanes of at least 4 members (excludes halogenated alkanes) is 31. The van der Waals surface area contributed by atoms with Gasteiger partial charge in [-0.2, -0.15) is 0 Å². The predicted molar refractivity (Wildman–Crippen MR) is 297 cm³/mol. The number of rotatable bonds is 53. The van der Waals surface area contributed by atoms with Gasteiger partial charge in [-0.15, -0.1) is 0 Å². The van der Waals surface area contributed by atoms with Crippen LogP contribution in [0.4, 0.5) is 0 Å². The van der Waals surface area contributed by atoms with Gasteiger partial charge in [0.05, 0.1) is 6.61 Å². The molecule has 0 bridgehead atoms. The zero-order chi connectivity index (χ0) is 49.2. The molecule has 0 amide bonds. The molecule has 68 heavy (non-hydrogen) atoms. The summed E-state index contributed by atoms with van der Waals surface area (Å²) < 4.78 is 10.7. The summed E-state index contributed by atoms with van der Waals surface area (Å²) in [6, 6.07) is 0. The largest absolute Gasteiger partial charge is 0.462 e. The molecule has 1 atom stereocenters. The Kier molecular flexibility index (Phi) is 55.9. The fourth-order valence-electron chi connectivity index (χ4n) is 8.32. The molecule has 0 fully saturated rings. The molecule has 0 saturated carbocycles. The van der Waals surface area contributed by atoms with Crippen LogP contribution in [-0.4, -0.2) is 36.4 Å². The van der Waals surface area contributed by atoms with Gasteiger partial charge in [0.25, 0.3) is 0 Å². The second kappa shape index (κ2) is 58.4. The molecule has 5 nitrogen and oxygen atoms in total. The average molecular weight is 948 g/mol. The molecule has 1 N–H and O–H groups in total. The third-order valence-electron chi connectivity index (χ3n) is 12.7. The Balaban J connectivity index is 3.47. The van der Waals surface area contributed by atoms with Crippen LogP contribution < -0.4 is 0 Å². The highest BCUT2D eigenvalue weighted by atomic mass is 16.6. The Morgan fingerprint density at radius 1 is 0.353 bits per heavy atom. The van der Waals surface area contributed by atoms with Crippen molar-refractivity contribution in [2.75, 3.05) is 13.2 Å². The van der Waals surface area contributed by atoms with E-state index in [4.69, 9.17) is 9.47 Å². The molecule has 0 rings (SSSR count). The van der Waals surface area contributed by atoms with Crippen LogP contribution in [0.5, 0.6) is 0 Å². The Morgan fingerprint density at radius 2 is 0.632 bits per heavy atom. The van der Waals surface area contributed by atoms with E-state index in [1.165, 1.54) is 161 Å². The van der Waals surface area contributed by atoms with Crippen LogP contribution in [0.15, 0.2) is 85.1 Å². The van der Waals surface area contributed by atoms with Crippen LogP contribution in [0.2, 0.25) is 0 Å². The second-order valence-corrected chi connectivity index (χ2v) is 19.3. The van der Waals surface area contributed by atoms with Crippen molar-refractivity contribution in [3.8, 4) is 0 Å². The van der Waals surface area contributed by atoms with Gasteiger partial charge >= 0.3 is 11.9 Å². The van der Waals surface area contributed by atoms with Crippen molar-refractivity contribution in [3.05, 3.63) is 85.1 Å². The molecule has 5 heteroatoms. The van der Waals surface area contributed by atoms with Crippen molar-refractivity contribution in [1.29, 1.82) is 0 Å². The van der Waals surface area contributed by atoms with Gasteiger partial charge in [0, 0.05) is 12.8 Å². The summed E-state index contributed by atoms with van der Waals surface area (Å²) in [5.74, 6) is -0.606. The number of esters is 2. The number of carbonyl (C=O) groups excluding carboxylic acids is 2. The second-order valence-electron chi connectivity index (χ2n) is 19.3. The van der Waals surface area contributed by atoms with Crippen LogP contribution in [0.25, 0.3) is 0 Å². The van der Waals surface area contributed by atoms with Crippen LogP contribution in [0.1, 0.15) is 284 Å². The molecular weight excluding hydrogens is 837 g/mol. The minimum absolute atomic E-state index is 0.0753. The summed E-state index contributed by atoms with van der Waals surface area (Å²) in [4.78, 5) is 24.5. The highest BCUT2D eigenvalue weighted by Crippen LogP contribution is 2.16. The first-order valence-electron chi connectivity index (χ1n) is 29.1. The Morgan fingerprint density at radius 3 is 0.956 bits per heavy atom. The van der Waals surface area contributed by atoms with Gasteiger partial charge in [0.15, 0.2) is 6.10 Å². The zero-order valence-corrected chi connectivity index (χ0v) is 44.9. The third kappa shape index (κ3) is 55.7. The van der Waals surface area contributed by atoms with E-state index in [2.05, 4.69) is 98.9 Å². The monoisotopic (exact) mass is 947 g/mol. The van der Waals surface area contributed by atoms with Gasteiger partial charge in [-0.25, -0.2) is 0 Å². The van der Waals surface area contributed by atoms with Crippen LogP contribution in [0, 0.1) is 0 Å². The SMILES string of the molecule is CC/C=C\C/C=C\C/C=C\C/C=C\C/C=C\CCCCCCCC(=O)OC(CO)COC(=O)CCCCCCCCCCCCCCCCCCCCCCC/C=C\C/C=C\CCCCCCC. The third-order valence-corrected chi connectivity index (χ3v) is 12.7. The summed E-state index contributed by atoms with van der Waals surface area (Å²) in [7, 11) is 0. The van der Waals surface area contributed by atoms with E-state index in [1.54, 1.807) is 0 Å². The Labute approximate surface area is 422 Å². The van der Waals surface area contributed by atoms with Crippen molar-refractivity contribution in [2.45, 2.75) is 290 Å². The van der Waals surface area contributed by atoms with Gasteiger partial charge in [0.1, 0.15) is 6.61 Å². The maximum Gasteiger partial charge on any atom is 0.306 e. The molecule has 0 saturated heterocycles. The standard InChI is InChI=1S/C63H110O5/c1-3-5-7-9-11-13-15-17-19-21-23-25-26-27-28-29-30-31-32-33-34-35-36-38-39-41-43-45-47-49-51-53-55-57-62(65)67-60-61(59-64)68-63(66)58-56-54-52-50-48-46-44-42-40-37-24-22-20-18-16-14-12-10-8-6-4-2/h6,8,12,14-15,17-18,20-21,23-24,37,42,44,61,64H,3-5,7,9-11,13,16,19,22,25-36,38-41,43,45-60H2,1-2H3/b8-6-,14-12-,17-15-,20-18-,23-21-,37-24-,44-42-. The number of allylic oxidation sites excluding steroid dienone is 14. The van der Waals surface area contributed by atoms with Crippen LogP contribution in [0.3, 0.4) is 0 Å². The summed E-state index contributed by atoms with van der Waals surface area (Å²) >= 11 is 0. The van der Waals surface area contributed by atoms with Crippen molar-refractivity contribution < 1.29 is 24.2 Å². The minimum Gasteiger partial charge on any atom is -0.462 e. The van der Waals surface area contributed by atoms with Crippen molar-refractivity contribution >= 4 is 11.9 Å². The molecular formula is C63H110O5. The molecule has 1 unspecified atom stereocenters. The van der Waals surface area contributed by atoms with E-state index in [0.717, 1.165) is 96.3 Å². The number of carbonyl (C=O) groups is 2. The van der Waals surface area contributed by atoms with E-state index < -0.39 is 6.10 Å². The average Bonchev–Trinajstić information content (AvgIpc) is 3.34. The van der Waals surface area contributed by atoms with Gasteiger partial charge in [-0.05, 0) is 89.9 Å². The topological polar surface area (TPSA) is 72.8 Å². The molecule has 0 aromatic rings. The molecule has 0 heterocycles. The number of aliphatic hydroxyl groups excluding tert-OH is 1. The number of aliphatic hydroxyl groups is 1. The Hall–Kier alpha value is -2.92. The van der Waals surface area contributed by atoms with E-state index in [-0.39, 0.29) is 25.2 Å². The Bertz CT molecular complexity index is 1250. The molecule has 392 valence electrons. The van der Waals surface area contributed by atoms with E-state index in [9.17, 15) is 14.7 Å². The quantitative estimate of drug-likeness (QED) is 0.0374. The fraction of sp³-hybridized carbons (Fsp3) is 0.746. The molecule has 0 spiro atoms. The van der Waals surface area contributed by atoms with Crippen LogP contribution >= 0.6 is 0 Å². The van der Waals surface area contributed by atoms with E-state index in [0.29, 0.717) is 12.8 Å². The predicted octanol–water partition coefficient (Wildman–Crippen LogP) is 19.8. The lowest BCUT2D eigenvalue weighted by atomic mass is 10.0. The first-order valence-corrected chi connectivity index (χ1v) is 29.1. The minimum atomic E-state index is -0.786. The van der Waals surface area contributed by atoms with E-state index >= 15 is 0 Å². The fourth-order valence-corrected chi connectivity index (χ4v) is 8.32. The normalized spacial score (nSPS) is 12.8. The van der Waals surface area contributed by atoms with Gasteiger partial charge in [0.2, 0.25) is 0 Å². The number of ether oxygens (including phenoxy) is 2. The highest BCUT2D eigenvalue weighted by molar-refractivity contribution is 5.70. The molecule has 0 aliphatic heterocycles. The molecule has 0 aromatic carbocycles. The maximum absolute atomic E-state index is 12.3. The first kappa shape index (κ1) is 65.1. The van der Waals surface area contributed by atoms with Crippen molar-refractivity contribution in [1.82, 2.24) is 0 Å². The zero-order valence-electron chi connectivity index (χ0n) is 44.9. The summed E-state index contributed by atoms with van der Waals surface area (Å²) in [6.45, 7) is 4.02. The lowest BCUT2D eigenvalue weighted by Crippen LogP contribution is -2.28. The van der Waals surface area contributed by atoms with E-state index in [1.807, 2.05) is 0 Å². The van der Waals surface area contributed by atoms with Crippen molar-refractivity contribution in [3.63, 3.8) is 0 Å². The molecule has 0 aromatic heterocycles. The van der Waals surface area contributed by atoms with Gasteiger partial charge < -0.3 is 14.6 Å². The lowest BCUT2D eigenvalue weighted by Gasteiger charge is -2.15. The molecule has 0 radical (unpaired) electrons. The van der Waals surface area contributed by atoms with Crippen LogP contribution in [-0.2, 0) is 19.1 Å². The molecule has 0 aliphatic rings. The van der Waals surface area contributed by atoms with Gasteiger partial charge in [-0.1, -0.05) is 266 Å². The summed E-state index contributed by atoms with van der Waals surface area (Å²) in [5.41, 5.74) is 0. The number of hydrogen-bond donors (Lipinski definition) is 1. The maximum atomic E-state index is 12.3. The summed E-state index contributed by atoms with van der Waals surface area (Å²) in [5, 5.41) is 9.65. The lowest BCUT2D eigenvalue weighted by molar-refractivity contribution is -0.161.